The Labute approximate surface area is 189 Å². The summed E-state index contributed by atoms with van der Waals surface area (Å²) < 4.78 is 0. The molecule has 4 aromatic rings. The van der Waals surface area contributed by atoms with Gasteiger partial charge in [-0.2, -0.15) is 0 Å². The summed E-state index contributed by atoms with van der Waals surface area (Å²) in [6.45, 7) is 0. The van der Waals surface area contributed by atoms with Gasteiger partial charge in [-0.25, -0.2) is 4.98 Å². The maximum absolute atomic E-state index is 5.13. The zero-order valence-electron chi connectivity index (χ0n) is 19.0. The summed E-state index contributed by atoms with van der Waals surface area (Å²) in [4.78, 5) is 5.13. The van der Waals surface area contributed by atoms with Crippen molar-refractivity contribution in [3.05, 3.63) is 78.9 Å². The number of pyridine rings is 1. The molecule has 0 aliphatic rings. The molecule has 0 aliphatic heterocycles. The monoisotopic (exact) mass is 423 g/mol. The van der Waals surface area contributed by atoms with E-state index in [0.29, 0.717) is 0 Å². The lowest BCUT2D eigenvalue weighted by Crippen LogP contribution is -1.99. The normalized spacial score (nSPS) is 10.5. The van der Waals surface area contributed by atoms with Crippen LogP contribution in [0.3, 0.4) is 0 Å². The summed E-state index contributed by atoms with van der Waals surface area (Å²) in [5.74, 6) is 0. The summed E-state index contributed by atoms with van der Waals surface area (Å²) >= 11 is 0. The number of hydrogen-bond acceptors (Lipinski definition) is 5. The molecule has 0 radical (unpaired) electrons. The molecular formula is C27H29N5. The quantitative estimate of drug-likeness (QED) is 0.283. The first-order valence-corrected chi connectivity index (χ1v) is 10.7. The van der Waals surface area contributed by atoms with E-state index in [4.69, 9.17) is 4.98 Å². The summed E-state index contributed by atoms with van der Waals surface area (Å²) in [6.07, 6.45) is 0. The molecule has 0 bridgehead atoms. The highest BCUT2D eigenvalue weighted by molar-refractivity contribution is 5.86. The van der Waals surface area contributed by atoms with Gasteiger partial charge in [-0.3, -0.25) is 0 Å². The van der Waals surface area contributed by atoms with Gasteiger partial charge >= 0.3 is 0 Å². The second-order valence-corrected chi connectivity index (χ2v) is 7.51. The van der Waals surface area contributed by atoms with Crippen LogP contribution < -0.4 is 21.3 Å². The Morgan fingerprint density at radius 2 is 1.00 bits per heavy atom. The number of aromatic nitrogens is 1. The summed E-state index contributed by atoms with van der Waals surface area (Å²) in [7, 11) is 7.74. The molecule has 5 nitrogen and oxygen atoms in total. The van der Waals surface area contributed by atoms with Gasteiger partial charge in [0.15, 0.2) is 0 Å². The first-order valence-electron chi connectivity index (χ1n) is 10.7. The number of nitrogens with zero attached hydrogens (tertiary/aromatic N) is 1. The maximum Gasteiger partial charge on any atom is 0.0737 e. The fourth-order valence-electron chi connectivity index (χ4n) is 3.86. The highest BCUT2D eigenvalue weighted by atomic mass is 14.9. The van der Waals surface area contributed by atoms with Gasteiger partial charge in [0.1, 0.15) is 0 Å². The van der Waals surface area contributed by atoms with Crippen molar-refractivity contribution in [2.75, 3.05) is 49.5 Å². The van der Waals surface area contributed by atoms with E-state index in [9.17, 15) is 0 Å². The van der Waals surface area contributed by atoms with E-state index in [-0.39, 0.29) is 0 Å². The average Bonchev–Trinajstić information content (AvgIpc) is 2.88. The van der Waals surface area contributed by atoms with Gasteiger partial charge in [0, 0.05) is 62.1 Å². The predicted octanol–water partition coefficient (Wildman–Crippen LogP) is 6.25. The van der Waals surface area contributed by atoms with Crippen molar-refractivity contribution in [2.45, 2.75) is 0 Å². The lowest BCUT2D eigenvalue weighted by atomic mass is 9.98. The van der Waals surface area contributed by atoms with Gasteiger partial charge in [0.25, 0.3) is 0 Å². The number of anilines is 4. The van der Waals surface area contributed by atoms with Crippen LogP contribution in [0.1, 0.15) is 0 Å². The van der Waals surface area contributed by atoms with E-state index in [0.717, 1.165) is 56.4 Å². The largest absolute Gasteiger partial charge is 0.388 e. The first-order chi connectivity index (χ1) is 15.7. The third-order valence-electron chi connectivity index (χ3n) is 5.64. The lowest BCUT2D eigenvalue weighted by Gasteiger charge is -2.16. The summed E-state index contributed by atoms with van der Waals surface area (Å²) in [5, 5.41) is 13.1. The molecule has 0 aliphatic carbocycles. The summed E-state index contributed by atoms with van der Waals surface area (Å²) in [5.41, 5.74) is 10.4. The topological polar surface area (TPSA) is 61.0 Å². The number of benzene rings is 3. The molecule has 0 amide bonds. The molecule has 1 aromatic heterocycles. The van der Waals surface area contributed by atoms with Crippen molar-refractivity contribution in [1.82, 2.24) is 4.98 Å². The van der Waals surface area contributed by atoms with Crippen LogP contribution in [0.5, 0.6) is 0 Å². The van der Waals surface area contributed by atoms with E-state index in [2.05, 4.69) is 94.1 Å². The molecule has 0 saturated heterocycles. The third-order valence-corrected chi connectivity index (χ3v) is 5.64. The Bertz CT molecular complexity index is 1140. The Kier molecular flexibility index (Phi) is 6.26. The standard InChI is InChI=1S/C27H29N5/c1-28-20-10-12-24(30-3)22(16-20)26-14-19(18-8-6-5-7-9-18)15-27(32-26)23-17-21(29-2)11-13-25(23)31-4/h5-17,28-31H,1-4H3. The Balaban J connectivity index is 1.99. The Hall–Kier alpha value is -3.99. The highest BCUT2D eigenvalue weighted by Gasteiger charge is 2.14. The molecule has 4 rings (SSSR count). The van der Waals surface area contributed by atoms with E-state index in [1.54, 1.807) is 0 Å². The first kappa shape index (κ1) is 21.2. The Morgan fingerprint density at radius 1 is 0.500 bits per heavy atom. The van der Waals surface area contributed by atoms with E-state index in [1.807, 2.05) is 34.3 Å². The smallest absolute Gasteiger partial charge is 0.0737 e. The van der Waals surface area contributed by atoms with Crippen LogP contribution in [0.15, 0.2) is 78.9 Å². The molecular weight excluding hydrogens is 394 g/mol. The Morgan fingerprint density at radius 3 is 1.44 bits per heavy atom. The van der Waals surface area contributed by atoms with Gasteiger partial charge in [-0.1, -0.05) is 30.3 Å². The van der Waals surface area contributed by atoms with E-state index in [1.165, 1.54) is 0 Å². The van der Waals surface area contributed by atoms with Crippen LogP contribution in [0, 0.1) is 0 Å². The molecule has 0 saturated carbocycles. The number of hydrogen-bond donors (Lipinski definition) is 4. The molecule has 0 fully saturated rings. The predicted molar refractivity (Wildman–Crippen MR) is 139 cm³/mol. The van der Waals surface area contributed by atoms with Crippen LogP contribution in [0.4, 0.5) is 22.7 Å². The number of nitrogens with one attached hydrogen (secondary N) is 4. The minimum Gasteiger partial charge on any atom is -0.388 e. The lowest BCUT2D eigenvalue weighted by molar-refractivity contribution is 1.31. The van der Waals surface area contributed by atoms with E-state index >= 15 is 0 Å². The SMILES string of the molecule is CNc1ccc(NC)c(-c2cc(-c3ccccc3)cc(-c3cc(NC)ccc3NC)n2)c1. The van der Waals surface area contributed by atoms with Gasteiger partial charge in [-0.05, 0) is 59.7 Å². The van der Waals surface area contributed by atoms with Gasteiger partial charge in [-0.15, -0.1) is 0 Å². The molecule has 0 spiro atoms. The van der Waals surface area contributed by atoms with Gasteiger partial charge in [0.05, 0.1) is 11.4 Å². The van der Waals surface area contributed by atoms with Crippen molar-refractivity contribution in [2.24, 2.45) is 0 Å². The number of rotatable bonds is 7. The second kappa shape index (κ2) is 9.43. The van der Waals surface area contributed by atoms with Crippen molar-refractivity contribution in [3.8, 4) is 33.6 Å². The molecule has 32 heavy (non-hydrogen) atoms. The van der Waals surface area contributed by atoms with Crippen molar-refractivity contribution in [3.63, 3.8) is 0 Å². The fraction of sp³-hybridized carbons (Fsp3) is 0.148. The van der Waals surface area contributed by atoms with Gasteiger partial charge < -0.3 is 21.3 Å². The van der Waals surface area contributed by atoms with Crippen LogP contribution in [0.25, 0.3) is 33.6 Å². The highest BCUT2D eigenvalue weighted by Crippen LogP contribution is 2.37. The second-order valence-electron chi connectivity index (χ2n) is 7.51. The molecule has 4 N–H and O–H groups in total. The summed E-state index contributed by atoms with van der Waals surface area (Å²) in [6, 6.07) is 27.3. The van der Waals surface area contributed by atoms with Gasteiger partial charge in [0.2, 0.25) is 0 Å². The van der Waals surface area contributed by atoms with E-state index < -0.39 is 0 Å². The minimum atomic E-state index is 0.916. The molecule has 5 heteroatoms. The molecule has 0 atom stereocenters. The third kappa shape index (κ3) is 4.23. The molecule has 0 unspecified atom stereocenters. The van der Waals surface area contributed by atoms with Crippen molar-refractivity contribution in [1.29, 1.82) is 0 Å². The average molecular weight is 424 g/mol. The zero-order chi connectivity index (χ0) is 22.5. The van der Waals surface area contributed by atoms with Crippen LogP contribution in [0.2, 0.25) is 0 Å². The molecule has 3 aromatic carbocycles. The van der Waals surface area contributed by atoms with Crippen LogP contribution in [-0.2, 0) is 0 Å². The van der Waals surface area contributed by atoms with Crippen molar-refractivity contribution >= 4 is 22.7 Å². The maximum atomic E-state index is 5.13. The fourth-order valence-corrected chi connectivity index (χ4v) is 3.86. The zero-order valence-corrected chi connectivity index (χ0v) is 19.0. The van der Waals surface area contributed by atoms with Crippen LogP contribution >= 0.6 is 0 Å². The van der Waals surface area contributed by atoms with Crippen LogP contribution in [-0.4, -0.2) is 33.2 Å². The molecule has 1 heterocycles. The molecule has 162 valence electrons. The minimum absolute atomic E-state index is 0.916. The van der Waals surface area contributed by atoms with Crippen molar-refractivity contribution < 1.29 is 0 Å².